The van der Waals surface area contributed by atoms with Gasteiger partial charge in [-0.2, -0.15) is 4.31 Å². The largest absolute Gasteiger partial charge is 0.341 e. The van der Waals surface area contributed by atoms with Crippen LogP contribution in [0.3, 0.4) is 0 Å². The van der Waals surface area contributed by atoms with Crippen molar-refractivity contribution in [2.75, 3.05) is 26.2 Å². The number of carbonyl (C=O) groups excluding carboxylic acids is 1. The van der Waals surface area contributed by atoms with Gasteiger partial charge in [0.25, 0.3) is 5.56 Å². The number of amides is 1. The highest BCUT2D eigenvalue weighted by Crippen LogP contribution is 2.20. The first kappa shape index (κ1) is 19.1. The molecule has 3 heterocycles. The summed E-state index contributed by atoms with van der Waals surface area (Å²) in [5.41, 5.74) is -0.360. The molecule has 0 radical (unpaired) electrons. The van der Waals surface area contributed by atoms with Gasteiger partial charge in [-0.25, -0.2) is 8.42 Å². The summed E-state index contributed by atoms with van der Waals surface area (Å²) in [4.78, 5) is 26.5. The minimum atomic E-state index is -3.62. The number of likely N-dealkylation sites (tertiary alicyclic amines) is 1. The lowest BCUT2D eigenvalue weighted by Gasteiger charge is -2.30. The zero-order chi connectivity index (χ0) is 18.7. The summed E-state index contributed by atoms with van der Waals surface area (Å²) in [6.45, 7) is 4.46. The molecular weight excluding hydrogens is 354 g/mol. The van der Waals surface area contributed by atoms with Crippen molar-refractivity contribution in [3.63, 3.8) is 0 Å². The van der Waals surface area contributed by atoms with E-state index in [9.17, 15) is 18.0 Å². The van der Waals surface area contributed by atoms with Crippen LogP contribution in [0.1, 0.15) is 39.0 Å². The van der Waals surface area contributed by atoms with E-state index in [2.05, 4.69) is 6.92 Å². The molecule has 2 aliphatic rings. The average Bonchev–Trinajstić information content (AvgIpc) is 2.64. The van der Waals surface area contributed by atoms with E-state index >= 15 is 0 Å². The quantitative estimate of drug-likeness (QED) is 0.787. The summed E-state index contributed by atoms with van der Waals surface area (Å²) in [6, 6.07) is 2.58. The number of aromatic nitrogens is 1. The maximum Gasteiger partial charge on any atom is 0.251 e. The third kappa shape index (κ3) is 4.17. The van der Waals surface area contributed by atoms with Crippen LogP contribution in [0.25, 0.3) is 0 Å². The van der Waals surface area contributed by atoms with Crippen LogP contribution in [-0.2, 0) is 21.4 Å². The zero-order valence-electron chi connectivity index (χ0n) is 15.3. The van der Waals surface area contributed by atoms with Gasteiger partial charge in [0.05, 0.1) is 4.90 Å². The van der Waals surface area contributed by atoms with Crippen LogP contribution in [0.2, 0.25) is 0 Å². The molecule has 7 nitrogen and oxygen atoms in total. The van der Waals surface area contributed by atoms with E-state index in [4.69, 9.17) is 0 Å². The zero-order valence-corrected chi connectivity index (χ0v) is 16.1. The topological polar surface area (TPSA) is 79.7 Å². The number of sulfonamides is 1. The second-order valence-electron chi connectivity index (χ2n) is 7.36. The number of piperidine rings is 2. The van der Waals surface area contributed by atoms with E-state index in [-0.39, 0.29) is 22.9 Å². The molecule has 144 valence electrons. The van der Waals surface area contributed by atoms with Crippen LogP contribution in [0.15, 0.2) is 28.0 Å². The second kappa shape index (κ2) is 7.92. The Bertz CT molecular complexity index is 804. The van der Waals surface area contributed by atoms with Crippen molar-refractivity contribution in [2.45, 2.75) is 50.5 Å². The predicted octanol–water partition coefficient (Wildman–Crippen LogP) is 1.28. The molecule has 3 rings (SSSR count). The lowest BCUT2D eigenvalue weighted by molar-refractivity contribution is -0.133. The first-order valence-electron chi connectivity index (χ1n) is 9.36. The van der Waals surface area contributed by atoms with Crippen molar-refractivity contribution in [2.24, 2.45) is 5.92 Å². The summed E-state index contributed by atoms with van der Waals surface area (Å²) in [7, 11) is -3.62. The number of hydrogen-bond donors (Lipinski definition) is 0. The molecule has 0 saturated carbocycles. The smallest absolute Gasteiger partial charge is 0.251 e. The van der Waals surface area contributed by atoms with E-state index in [0.717, 1.165) is 32.1 Å². The van der Waals surface area contributed by atoms with E-state index in [1.807, 2.05) is 0 Å². The van der Waals surface area contributed by atoms with Gasteiger partial charge >= 0.3 is 0 Å². The van der Waals surface area contributed by atoms with Crippen molar-refractivity contribution in [1.82, 2.24) is 13.8 Å². The van der Waals surface area contributed by atoms with Gasteiger partial charge in [-0.3, -0.25) is 9.59 Å². The third-order valence-electron chi connectivity index (χ3n) is 5.35. The van der Waals surface area contributed by atoms with Gasteiger partial charge < -0.3 is 9.47 Å². The van der Waals surface area contributed by atoms with Gasteiger partial charge in [-0.15, -0.1) is 0 Å². The van der Waals surface area contributed by atoms with Gasteiger partial charge in [0.1, 0.15) is 6.54 Å². The molecule has 26 heavy (non-hydrogen) atoms. The molecule has 0 unspecified atom stereocenters. The number of rotatable bonds is 4. The van der Waals surface area contributed by atoms with Crippen LogP contribution >= 0.6 is 0 Å². The van der Waals surface area contributed by atoms with Crippen molar-refractivity contribution in [1.29, 1.82) is 0 Å². The van der Waals surface area contributed by atoms with Crippen LogP contribution in [0.5, 0.6) is 0 Å². The van der Waals surface area contributed by atoms with Crippen molar-refractivity contribution < 1.29 is 13.2 Å². The Morgan fingerprint density at radius 1 is 1.08 bits per heavy atom. The number of carbonyl (C=O) groups is 1. The monoisotopic (exact) mass is 381 g/mol. The average molecular weight is 381 g/mol. The number of nitrogens with zero attached hydrogens (tertiary/aromatic N) is 3. The molecule has 0 N–H and O–H groups in total. The van der Waals surface area contributed by atoms with Crippen molar-refractivity contribution in [3.8, 4) is 0 Å². The minimum absolute atomic E-state index is 0.0825. The van der Waals surface area contributed by atoms with Gasteiger partial charge in [0.2, 0.25) is 15.9 Å². The molecule has 0 aliphatic carbocycles. The molecule has 0 bridgehead atoms. The number of pyridine rings is 1. The first-order chi connectivity index (χ1) is 12.4. The highest BCUT2D eigenvalue weighted by Gasteiger charge is 2.27. The van der Waals surface area contributed by atoms with Crippen molar-refractivity contribution >= 4 is 15.9 Å². The summed E-state index contributed by atoms with van der Waals surface area (Å²) in [5, 5.41) is 0. The Morgan fingerprint density at radius 3 is 2.38 bits per heavy atom. The maximum atomic E-state index is 12.8. The molecule has 1 amide bonds. The standard InChI is InChI=1S/C18H27N3O4S/c1-15-7-11-19(12-8-15)18(23)14-20-13-16(5-6-17(20)22)26(24,25)21-9-3-2-4-10-21/h5-6,13,15H,2-4,7-12,14H2,1H3. The van der Waals surface area contributed by atoms with E-state index in [1.54, 1.807) is 4.90 Å². The molecule has 0 atom stereocenters. The van der Waals surface area contributed by atoms with Gasteiger partial charge in [-0.05, 0) is 37.7 Å². The Kier molecular flexibility index (Phi) is 5.82. The maximum absolute atomic E-state index is 12.8. The highest BCUT2D eigenvalue weighted by molar-refractivity contribution is 7.89. The molecule has 2 saturated heterocycles. The highest BCUT2D eigenvalue weighted by atomic mass is 32.2. The molecule has 2 aliphatic heterocycles. The van der Waals surface area contributed by atoms with E-state index in [0.29, 0.717) is 32.1 Å². The summed E-state index contributed by atoms with van der Waals surface area (Å²) in [5.74, 6) is 0.478. The lowest BCUT2D eigenvalue weighted by atomic mass is 9.99. The molecule has 1 aromatic rings. The van der Waals surface area contributed by atoms with E-state index < -0.39 is 10.0 Å². The SMILES string of the molecule is CC1CCN(C(=O)Cn2cc(S(=O)(=O)N3CCCCC3)ccc2=O)CC1. The van der Waals surface area contributed by atoms with Crippen LogP contribution in [-0.4, -0.2) is 54.3 Å². The van der Waals surface area contributed by atoms with Crippen LogP contribution < -0.4 is 5.56 Å². The Hall–Kier alpha value is -1.67. The normalized spacial score (nSPS) is 20.3. The third-order valence-corrected chi connectivity index (χ3v) is 7.23. The fraction of sp³-hybridized carbons (Fsp3) is 0.667. The summed E-state index contributed by atoms with van der Waals surface area (Å²) in [6.07, 6.45) is 5.98. The lowest BCUT2D eigenvalue weighted by Crippen LogP contribution is -2.41. The molecule has 2 fully saturated rings. The summed E-state index contributed by atoms with van der Waals surface area (Å²) < 4.78 is 28.3. The molecular formula is C18H27N3O4S. The fourth-order valence-corrected chi connectivity index (χ4v) is 5.08. The molecule has 0 spiro atoms. The second-order valence-corrected chi connectivity index (χ2v) is 9.30. The van der Waals surface area contributed by atoms with Gasteiger partial charge in [-0.1, -0.05) is 13.3 Å². The first-order valence-corrected chi connectivity index (χ1v) is 10.8. The fourth-order valence-electron chi connectivity index (χ4n) is 3.54. The molecule has 0 aromatic carbocycles. The van der Waals surface area contributed by atoms with Crippen molar-refractivity contribution in [3.05, 3.63) is 28.7 Å². The predicted molar refractivity (Wildman–Crippen MR) is 98.3 cm³/mol. The van der Waals surface area contributed by atoms with Gasteiger partial charge in [0, 0.05) is 38.4 Å². The van der Waals surface area contributed by atoms with Gasteiger partial charge in [0.15, 0.2) is 0 Å². The number of hydrogen-bond acceptors (Lipinski definition) is 4. The molecule has 8 heteroatoms. The Morgan fingerprint density at radius 2 is 1.73 bits per heavy atom. The van der Waals surface area contributed by atoms with Crippen LogP contribution in [0, 0.1) is 5.92 Å². The Labute approximate surface area is 154 Å². The summed E-state index contributed by atoms with van der Waals surface area (Å²) >= 11 is 0. The van der Waals surface area contributed by atoms with Crippen LogP contribution in [0.4, 0.5) is 0 Å². The molecule has 1 aromatic heterocycles. The van der Waals surface area contributed by atoms with E-state index in [1.165, 1.54) is 27.2 Å². The Balaban J connectivity index is 1.77. The minimum Gasteiger partial charge on any atom is -0.341 e.